The fraction of sp³-hybridized carbons (Fsp3) is 0.538. The largest absolute Gasteiger partial charge is 0.468 e. The number of anilines is 2. The van der Waals surface area contributed by atoms with Gasteiger partial charge in [-0.2, -0.15) is 5.26 Å². The number of rotatable bonds is 8. The lowest BCUT2D eigenvalue weighted by Gasteiger charge is -2.12. The molecule has 0 bridgehead atoms. The Morgan fingerprint density at radius 1 is 1.38 bits per heavy atom. The van der Waals surface area contributed by atoms with Crippen LogP contribution in [0.1, 0.15) is 25.3 Å². The molecule has 0 fully saturated rings. The summed E-state index contributed by atoms with van der Waals surface area (Å²) in [5, 5.41) is 15.8. The second kappa shape index (κ2) is 9.02. The average molecular weight is 309 g/mol. The topological polar surface area (TPSA) is 99.9 Å². The number of hydrogen-bond acceptors (Lipinski definition) is 8. The van der Waals surface area contributed by atoms with Crippen LogP contribution in [0.2, 0.25) is 0 Å². The number of thioether (sulfide) groups is 1. The summed E-state index contributed by atoms with van der Waals surface area (Å²) in [5.74, 6) is 0.391. The van der Waals surface area contributed by atoms with Crippen molar-refractivity contribution in [3.63, 3.8) is 0 Å². The van der Waals surface area contributed by atoms with Gasteiger partial charge < -0.3 is 15.4 Å². The molecule has 0 spiro atoms. The molecule has 114 valence electrons. The molecule has 0 aliphatic rings. The van der Waals surface area contributed by atoms with Crippen LogP contribution >= 0.6 is 11.8 Å². The Hall–Kier alpha value is -2.01. The van der Waals surface area contributed by atoms with Crippen molar-refractivity contribution >= 4 is 29.4 Å². The number of esters is 1. The molecule has 0 atom stereocenters. The maximum atomic E-state index is 11.2. The molecule has 1 aromatic rings. The zero-order valence-electron chi connectivity index (χ0n) is 12.4. The molecule has 21 heavy (non-hydrogen) atoms. The molecule has 0 unspecified atom stereocenters. The fourth-order valence-corrected chi connectivity index (χ4v) is 1.87. The number of hydrogen-bond donors (Lipinski definition) is 2. The van der Waals surface area contributed by atoms with Gasteiger partial charge in [0.25, 0.3) is 0 Å². The van der Waals surface area contributed by atoms with Crippen LogP contribution in [0.5, 0.6) is 0 Å². The third-order valence-corrected chi connectivity index (χ3v) is 3.18. The van der Waals surface area contributed by atoms with Crippen LogP contribution in [0.25, 0.3) is 0 Å². The molecule has 0 saturated heterocycles. The molecular weight excluding hydrogens is 290 g/mol. The van der Waals surface area contributed by atoms with Crippen LogP contribution in [-0.2, 0) is 9.53 Å². The monoisotopic (exact) mass is 309 g/mol. The predicted octanol–water partition coefficient (Wildman–Crippen LogP) is 1.87. The molecule has 1 rings (SSSR count). The first-order valence-corrected chi connectivity index (χ1v) is 7.79. The third kappa shape index (κ3) is 5.11. The first kappa shape index (κ1) is 17.0. The Labute approximate surface area is 128 Å². The molecule has 0 aromatic carbocycles. The lowest BCUT2D eigenvalue weighted by Crippen LogP contribution is -2.18. The quantitative estimate of drug-likeness (QED) is 0.325. The smallest absolute Gasteiger partial charge is 0.325 e. The number of ether oxygens (including phenoxy) is 1. The van der Waals surface area contributed by atoms with Crippen molar-refractivity contribution in [3.05, 3.63) is 5.56 Å². The second-order valence-electron chi connectivity index (χ2n) is 4.10. The molecule has 0 amide bonds. The Bertz CT molecular complexity index is 530. The van der Waals surface area contributed by atoms with Crippen molar-refractivity contribution in [2.45, 2.75) is 24.9 Å². The van der Waals surface area contributed by atoms with E-state index < -0.39 is 5.97 Å². The molecule has 8 heteroatoms. The van der Waals surface area contributed by atoms with Gasteiger partial charge in [-0.05, 0) is 12.7 Å². The van der Waals surface area contributed by atoms with E-state index in [1.54, 1.807) is 0 Å². The van der Waals surface area contributed by atoms with E-state index >= 15 is 0 Å². The van der Waals surface area contributed by atoms with E-state index in [0.717, 1.165) is 19.4 Å². The third-order valence-electron chi connectivity index (χ3n) is 2.63. The number of carbonyl (C=O) groups is 1. The van der Waals surface area contributed by atoms with E-state index in [4.69, 9.17) is 0 Å². The molecule has 0 radical (unpaired) electrons. The van der Waals surface area contributed by atoms with Gasteiger partial charge in [0, 0.05) is 6.54 Å². The molecule has 0 aliphatic carbocycles. The van der Waals surface area contributed by atoms with Crippen LogP contribution in [0.4, 0.5) is 11.6 Å². The van der Waals surface area contributed by atoms with E-state index in [1.807, 2.05) is 6.26 Å². The molecule has 1 aromatic heterocycles. The summed E-state index contributed by atoms with van der Waals surface area (Å²) >= 11 is 1.37. The zero-order valence-corrected chi connectivity index (χ0v) is 13.2. The van der Waals surface area contributed by atoms with Crippen molar-refractivity contribution in [1.82, 2.24) is 9.97 Å². The molecular formula is C13H19N5O2S. The number of nitriles is 1. The molecule has 0 aliphatic heterocycles. The second-order valence-corrected chi connectivity index (χ2v) is 4.88. The van der Waals surface area contributed by atoms with Gasteiger partial charge in [-0.25, -0.2) is 9.97 Å². The van der Waals surface area contributed by atoms with Crippen LogP contribution in [0, 0.1) is 11.3 Å². The van der Waals surface area contributed by atoms with Crippen LogP contribution < -0.4 is 10.6 Å². The summed E-state index contributed by atoms with van der Waals surface area (Å²) in [6, 6.07) is 2.07. The maximum Gasteiger partial charge on any atom is 0.325 e. The first-order valence-electron chi connectivity index (χ1n) is 6.56. The van der Waals surface area contributed by atoms with Crippen molar-refractivity contribution in [3.8, 4) is 6.07 Å². The molecule has 2 N–H and O–H groups in total. The van der Waals surface area contributed by atoms with E-state index in [-0.39, 0.29) is 6.54 Å². The van der Waals surface area contributed by atoms with Gasteiger partial charge in [0.1, 0.15) is 18.2 Å². The average Bonchev–Trinajstić information content (AvgIpc) is 2.52. The molecule has 1 heterocycles. The highest BCUT2D eigenvalue weighted by Gasteiger charge is 2.15. The minimum atomic E-state index is -0.427. The highest BCUT2D eigenvalue weighted by Crippen LogP contribution is 2.23. The highest BCUT2D eigenvalue weighted by atomic mass is 32.2. The van der Waals surface area contributed by atoms with E-state index in [9.17, 15) is 10.1 Å². The summed E-state index contributed by atoms with van der Waals surface area (Å²) in [5.41, 5.74) is 0.299. The Kier molecular flexibility index (Phi) is 7.32. The Balaban J connectivity index is 3.01. The number of unbranched alkanes of at least 4 members (excludes halogenated alkanes) is 1. The highest BCUT2D eigenvalue weighted by molar-refractivity contribution is 7.98. The van der Waals surface area contributed by atoms with Crippen LogP contribution in [0.3, 0.4) is 0 Å². The molecule has 7 nitrogen and oxygen atoms in total. The van der Waals surface area contributed by atoms with Crippen LogP contribution in [0.15, 0.2) is 5.16 Å². The Morgan fingerprint density at radius 2 is 2.05 bits per heavy atom. The van der Waals surface area contributed by atoms with Crippen molar-refractivity contribution in [2.75, 3.05) is 37.1 Å². The number of nitrogens with one attached hydrogen (secondary N) is 2. The summed E-state index contributed by atoms with van der Waals surface area (Å²) in [6.07, 6.45) is 3.87. The predicted molar refractivity (Wildman–Crippen MR) is 82.4 cm³/mol. The lowest BCUT2D eigenvalue weighted by atomic mass is 10.2. The van der Waals surface area contributed by atoms with Crippen LogP contribution in [-0.4, -0.2) is 42.4 Å². The minimum Gasteiger partial charge on any atom is -0.468 e. The number of aromatic nitrogens is 2. The van der Waals surface area contributed by atoms with Gasteiger partial charge in [-0.1, -0.05) is 25.1 Å². The van der Waals surface area contributed by atoms with Crippen molar-refractivity contribution < 1.29 is 9.53 Å². The van der Waals surface area contributed by atoms with Gasteiger partial charge in [-0.3, -0.25) is 4.79 Å². The normalized spacial score (nSPS) is 9.81. The summed E-state index contributed by atoms with van der Waals surface area (Å²) < 4.78 is 4.56. The van der Waals surface area contributed by atoms with Gasteiger partial charge in [0.15, 0.2) is 16.8 Å². The number of nitrogens with zero attached hydrogens (tertiary/aromatic N) is 3. The van der Waals surface area contributed by atoms with Gasteiger partial charge in [0.05, 0.1) is 7.11 Å². The fourth-order valence-electron chi connectivity index (χ4n) is 1.50. The zero-order chi connectivity index (χ0) is 15.7. The SMILES string of the molecule is CCCCNc1nc(SC)nc(NCC(=O)OC)c1C#N. The van der Waals surface area contributed by atoms with Gasteiger partial charge >= 0.3 is 5.97 Å². The van der Waals surface area contributed by atoms with E-state index in [0.29, 0.717) is 22.4 Å². The first-order chi connectivity index (χ1) is 10.2. The van der Waals surface area contributed by atoms with E-state index in [2.05, 4.69) is 38.3 Å². The van der Waals surface area contributed by atoms with Crippen molar-refractivity contribution in [1.29, 1.82) is 5.26 Å². The number of carbonyl (C=O) groups excluding carboxylic acids is 1. The molecule has 0 saturated carbocycles. The minimum absolute atomic E-state index is 0.0512. The standard InChI is InChI=1S/C13H19N5O2S/c1-4-5-6-15-11-9(7-14)12(16-8-10(19)20-2)18-13(17-11)21-3/h4-6,8H2,1-3H3,(H2,15,16,17,18). The van der Waals surface area contributed by atoms with Gasteiger partial charge in [-0.15, -0.1) is 0 Å². The lowest BCUT2D eigenvalue weighted by molar-refractivity contribution is -0.138. The van der Waals surface area contributed by atoms with Gasteiger partial charge in [0.2, 0.25) is 0 Å². The summed E-state index contributed by atoms with van der Waals surface area (Å²) in [4.78, 5) is 19.7. The maximum absolute atomic E-state index is 11.2. The Morgan fingerprint density at radius 3 is 2.57 bits per heavy atom. The number of methoxy groups -OCH3 is 1. The summed E-state index contributed by atoms with van der Waals surface area (Å²) in [7, 11) is 1.31. The summed E-state index contributed by atoms with van der Waals surface area (Å²) in [6.45, 7) is 2.76. The van der Waals surface area contributed by atoms with Crippen molar-refractivity contribution in [2.24, 2.45) is 0 Å². The van der Waals surface area contributed by atoms with E-state index in [1.165, 1.54) is 18.9 Å².